The quantitative estimate of drug-likeness (QED) is 0.190. The van der Waals surface area contributed by atoms with Crippen molar-refractivity contribution in [1.29, 1.82) is 0 Å². The number of amides is 1. The number of phenolic OH excluding ortho intramolecular Hbond substituents is 3. The van der Waals surface area contributed by atoms with Gasteiger partial charge in [0.15, 0.2) is 0 Å². The Hall–Kier alpha value is -4.90. The lowest BCUT2D eigenvalue weighted by atomic mass is 9.95. The van der Waals surface area contributed by atoms with Gasteiger partial charge in [-0.1, -0.05) is 23.8 Å². The van der Waals surface area contributed by atoms with Gasteiger partial charge in [-0.2, -0.15) is 0 Å². The molecule has 3 aromatic rings. The second-order valence-corrected chi connectivity index (χ2v) is 9.46. The number of aromatic hydroxyl groups is 3. The summed E-state index contributed by atoms with van der Waals surface area (Å²) in [6.07, 6.45) is 0.352. The molecule has 1 heterocycles. The van der Waals surface area contributed by atoms with Crippen molar-refractivity contribution in [3.63, 3.8) is 0 Å². The van der Waals surface area contributed by atoms with E-state index in [2.05, 4.69) is 10.6 Å². The van der Waals surface area contributed by atoms with Gasteiger partial charge in [0.25, 0.3) is 5.91 Å². The van der Waals surface area contributed by atoms with E-state index in [4.69, 9.17) is 4.74 Å². The van der Waals surface area contributed by atoms with Crippen LogP contribution in [0.4, 0.5) is 0 Å². The van der Waals surface area contributed by atoms with Crippen LogP contribution >= 0.6 is 0 Å². The number of benzene rings is 3. The minimum absolute atomic E-state index is 0.275. The van der Waals surface area contributed by atoms with Gasteiger partial charge < -0.3 is 35.8 Å². The number of carboxylic acids is 1. The van der Waals surface area contributed by atoms with E-state index in [0.717, 1.165) is 29.8 Å². The molecule has 11 heteroatoms. The van der Waals surface area contributed by atoms with Gasteiger partial charge in [0.05, 0.1) is 22.7 Å². The fourth-order valence-corrected chi connectivity index (χ4v) is 4.51. The van der Waals surface area contributed by atoms with Crippen molar-refractivity contribution in [2.24, 2.45) is 0 Å². The SMILES string of the molecule is Cc1ccc(C(=O)NC2CNCCCC2OC(=O)c2cc(O)c(C(=O)c3c(O)cccc3C(=O)O)c(O)c2)cc1. The van der Waals surface area contributed by atoms with Crippen LogP contribution in [0.2, 0.25) is 0 Å². The van der Waals surface area contributed by atoms with E-state index in [1.54, 1.807) is 12.1 Å². The third-order valence-corrected chi connectivity index (χ3v) is 6.60. The highest BCUT2D eigenvalue weighted by atomic mass is 16.5. The molecule has 6 N–H and O–H groups in total. The van der Waals surface area contributed by atoms with E-state index < -0.39 is 63.8 Å². The normalized spacial score (nSPS) is 16.9. The van der Waals surface area contributed by atoms with Gasteiger partial charge in [-0.3, -0.25) is 9.59 Å². The fraction of sp³-hybridized carbons (Fsp3) is 0.241. The Morgan fingerprint density at radius 1 is 0.900 bits per heavy atom. The maximum absolute atomic E-state index is 13.0. The molecule has 2 unspecified atom stereocenters. The number of carbonyl (C=O) groups excluding carboxylic acids is 3. The van der Waals surface area contributed by atoms with Gasteiger partial charge in [0.1, 0.15) is 28.9 Å². The maximum Gasteiger partial charge on any atom is 0.338 e. The molecule has 0 aromatic heterocycles. The molecule has 4 rings (SSSR count). The van der Waals surface area contributed by atoms with Gasteiger partial charge in [0.2, 0.25) is 5.78 Å². The van der Waals surface area contributed by atoms with Gasteiger partial charge in [-0.15, -0.1) is 0 Å². The number of carboxylic acid groups (broad SMARTS) is 1. The van der Waals surface area contributed by atoms with Crippen LogP contribution < -0.4 is 10.6 Å². The van der Waals surface area contributed by atoms with Crippen LogP contribution in [-0.2, 0) is 4.74 Å². The molecule has 1 fully saturated rings. The number of ether oxygens (including phenoxy) is 1. The number of ketones is 1. The second kappa shape index (κ2) is 11.9. The number of aryl methyl sites for hydroxylation is 1. The van der Waals surface area contributed by atoms with Crippen molar-refractivity contribution in [2.75, 3.05) is 13.1 Å². The Kier molecular flexibility index (Phi) is 8.34. The Morgan fingerprint density at radius 3 is 2.23 bits per heavy atom. The predicted octanol–water partition coefficient (Wildman–Crippen LogP) is 2.75. The summed E-state index contributed by atoms with van der Waals surface area (Å²) < 4.78 is 5.67. The van der Waals surface area contributed by atoms with Crippen LogP contribution in [0.5, 0.6) is 17.2 Å². The molecule has 2 atom stereocenters. The van der Waals surface area contributed by atoms with E-state index in [1.807, 2.05) is 19.1 Å². The van der Waals surface area contributed by atoms with Crippen LogP contribution in [0.3, 0.4) is 0 Å². The molecule has 0 spiro atoms. The molecule has 1 aliphatic rings. The number of carbonyl (C=O) groups is 4. The molecule has 11 nitrogen and oxygen atoms in total. The summed E-state index contributed by atoms with van der Waals surface area (Å²) in [5, 5.41) is 46.7. The number of hydrogen-bond donors (Lipinski definition) is 6. The monoisotopic (exact) mass is 548 g/mol. The molecule has 3 aromatic carbocycles. The highest BCUT2D eigenvalue weighted by Crippen LogP contribution is 2.35. The van der Waals surface area contributed by atoms with Crippen molar-refractivity contribution in [3.8, 4) is 17.2 Å². The van der Waals surface area contributed by atoms with Crippen LogP contribution in [0.15, 0.2) is 54.6 Å². The van der Waals surface area contributed by atoms with Gasteiger partial charge >= 0.3 is 11.9 Å². The Balaban J connectivity index is 1.55. The summed E-state index contributed by atoms with van der Waals surface area (Å²) in [5.41, 5.74) is -0.681. The second-order valence-electron chi connectivity index (χ2n) is 9.46. The number of hydrogen-bond acceptors (Lipinski definition) is 9. The Labute approximate surface area is 229 Å². The summed E-state index contributed by atoms with van der Waals surface area (Å²) in [4.78, 5) is 50.4. The summed E-state index contributed by atoms with van der Waals surface area (Å²) in [6.45, 7) is 2.89. The van der Waals surface area contributed by atoms with Crippen LogP contribution in [0, 0.1) is 6.92 Å². The Bertz CT molecular complexity index is 1440. The molecule has 1 amide bonds. The molecule has 0 saturated carbocycles. The smallest absolute Gasteiger partial charge is 0.338 e. The minimum Gasteiger partial charge on any atom is -0.507 e. The summed E-state index contributed by atoms with van der Waals surface area (Å²) in [5.74, 6) is -6.20. The first kappa shape index (κ1) is 28.1. The fourth-order valence-electron chi connectivity index (χ4n) is 4.51. The van der Waals surface area contributed by atoms with Crippen LogP contribution in [-0.4, -0.2) is 69.3 Å². The van der Waals surface area contributed by atoms with Crippen LogP contribution in [0.25, 0.3) is 0 Å². The van der Waals surface area contributed by atoms with E-state index >= 15 is 0 Å². The largest absolute Gasteiger partial charge is 0.507 e. The average molecular weight is 549 g/mol. The van der Waals surface area contributed by atoms with Gasteiger partial charge in [-0.25, -0.2) is 9.59 Å². The maximum atomic E-state index is 13.0. The molecule has 0 aliphatic carbocycles. The topological polar surface area (TPSA) is 182 Å². The van der Waals surface area contributed by atoms with E-state index in [1.165, 1.54) is 6.07 Å². The van der Waals surface area contributed by atoms with Crippen molar-refractivity contribution < 1.29 is 44.3 Å². The van der Waals surface area contributed by atoms with Gasteiger partial charge in [0, 0.05) is 12.1 Å². The third kappa shape index (κ3) is 6.05. The average Bonchev–Trinajstić information content (AvgIpc) is 3.12. The highest BCUT2D eigenvalue weighted by Gasteiger charge is 2.31. The lowest BCUT2D eigenvalue weighted by molar-refractivity contribution is 0.0191. The molecule has 1 aliphatic heterocycles. The van der Waals surface area contributed by atoms with Crippen molar-refractivity contribution in [1.82, 2.24) is 10.6 Å². The van der Waals surface area contributed by atoms with Crippen molar-refractivity contribution in [3.05, 3.63) is 88.0 Å². The molecule has 0 radical (unpaired) electrons. The number of nitrogens with one attached hydrogen (secondary N) is 2. The summed E-state index contributed by atoms with van der Waals surface area (Å²) >= 11 is 0. The lowest BCUT2D eigenvalue weighted by Crippen LogP contribution is -2.49. The molecule has 0 bridgehead atoms. The standard InChI is InChI=1S/C29H28N2O9/c1-15-7-9-16(10-8-15)27(36)31-19-14-30-11-3-6-23(19)40-29(39)17-12-21(33)25(22(34)13-17)26(35)24-18(28(37)38)4-2-5-20(24)32/h2,4-5,7-10,12-13,19,23,30,32-34H,3,6,11,14H2,1H3,(H,31,36)(H,37,38). The Morgan fingerprint density at radius 2 is 1.57 bits per heavy atom. The molecular weight excluding hydrogens is 520 g/mol. The first-order chi connectivity index (χ1) is 19.1. The van der Waals surface area contributed by atoms with E-state index in [9.17, 15) is 39.6 Å². The highest BCUT2D eigenvalue weighted by molar-refractivity contribution is 6.18. The molecular formula is C29H28N2O9. The van der Waals surface area contributed by atoms with Crippen molar-refractivity contribution >= 4 is 23.6 Å². The number of aromatic carboxylic acids is 1. The zero-order chi connectivity index (χ0) is 29.0. The van der Waals surface area contributed by atoms with Crippen molar-refractivity contribution in [2.45, 2.75) is 31.9 Å². The lowest BCUT2D eigenvalue weighted by Gasteiger charge is -2.26. The molecule has 40 heavy (non-hydrogen) atoms. The zero-order valence-electron chi connectivity index (χ0n) is 21.5. The third-order valence-electron chi connectivity index (χ3n) is 6.60. The number of esters is 1. The number of rotatable bonds is 7. The van der Waals surface area contributed by atoms with E-state index in [-0.39, 0.29) is 11.5 Å². The van der Waals surface area contributed by atoms with E-state index in [0.29, 0.717) is 31.5 Å². The minimum atomic E-state index is -1.50. The predicted molar refractivity (Wildman–Crippen MR) is 142 cm³/mol. The summed E-state index contributed by atoms with van der Waals surface area (Å²) in [7, 11) is 0. The first-order valence-corrected chi connectivity index (χ1v) is 12.5. The van der Waals surface area contributed by atoms with Crippen LogP contribution in [0.1, 0.15) is 65.4 Å². The number of phenols is 3. The molecule has 208 valence electrons. The zero-order valence-corrected chi connectivity index (χ0v) is 21.5. The van der Waals surface area contributed by atoms with Gasteiger partial charge in [-0.05, 0) is 62.7 Å². The molecule has 1 saturated heterocycles. The summed E-state index contributed by atoms with van der Waals surface area (Å²) in [6, 6.07) is 11.7. The first-order valence-electron chi connectivity index (χ1n) is 12.5.